The Balaban J connectivity index is 1.96. The molecule has 2 aromatic rings. The number of hydrogen-bond acceptors (Lipinski definition) is 3. The van der Waals surface area contributed by atoms with Crippen LogP contribution in [0.1, 0.15) is 33.2 Å². The van der Waals surface area contributed by atoms with E-state index in [1.165, 1.54) is 6.92 Å². The minimum absolute atomic E-state index is 0.00167. The molecule has 0 saturated carbocycles. The summed E-state index contributed by atoms with van der Waals surface area (Å²) in [5.74, 6) is -0.264. The first kappa shape index (κ1) is 15.9. The van der Waals surface area contributed by atoms with E-state index in [-0.39, 0.29) is 16.8 Å². The van der Waals surface area contributed by atoms with Crippen LogP contribution in [0.15, 0.2) is 48.5 Å². The second kappa shape index (κ2) is 6.95. The minimum Gasteiger partial charge on any atom is -0.332 e. The molecule has 0 aliphatic carbocycles. The van der Waals surface area contributed by atoms with Crippen molar-refractivity contribution in [2.24, 2.45) is 0 Å². The van der Waals surface area contributed by atoms with Gasteiger partial charge in [-0.1, -0.05) is 17.7 Å². The van der Waals surface area contributed by atoms with Gasteiger partial charge in [0.25, 0.3) is 5.91 Å². The number of carbonyl (C=O) groups is 2. The van der Waals surface area contributed by atoms with Crippen LogP contribution in [0.2, 0.25) is 0 Å². The molecule has 0 fully saturated rings. The number of Topliss-reactive ketones (excluding diaryl/α,β-unsaturated/α-hetero) is 1. The van der Waals surface area contributed by atoms with Gasteiger partial charge in [-0.15, -0.1) is 0 Å². The van der Waals surface area contributed by atoms with Gasteiger partial charge in [-0.3, -0.25) is 14.9 Å². The fourth-order valence-electron chi connectivity index (χ4n) is 1.83. The number of rotatable bonds is 3. The summed E-state index contributed by atoms with van der Waals surface area (Å²) in [5, 5.41) is 5.73. The topological polar surface area (TPSA) is 58.2 Å². The maximum Gasteiger partial charge on any atom is 0.257 e. The first-order valence-electron chi connectivity index (χ1n) is 6.76. The smallest absolute Gasteiger partial charge is 0.257 e. The number of benzene rings is 2. The van der Waals surface area contributed by atoms with Crippen molar-refractivity contribution in [1.29, 1.82) is 0 Å². The third-order valence-electron chi connectivity index (χ3n) is 3.09. The summed E-state index contributed by atoms with van der Waals surface area (Å²) in [5.41, 5.74) is 2.96. The van der Waals surface area contributed by atoms with E-state index in [0.717, 1.165) is 5.56 Å². The number of anilines is 1. The number of hydrogen-bond donors (Lipinski definition) is 2. The summed E-state index contributed by atoms with van der Waals surface area (Å²) in [7, 11) is 0. The van der Waals surface area contributed by atoms with Gasteiger partial charge in [0.1, 0.15) is 0 Å². The van der Waals surface area contributed by atoms with Gasteiger partial charge in [-0.2, -0.15) is 0 Å². The number of aryl methyl sites for hydroxylation is 1. The molecule has 0 spiro atoms. The predicted molar refractivity (Wildman–Crippen MR) is 91.3 cm³/mol. The van der Waals surface area contributed by atoms with Crippen molar-refractivity contribution in [3.8, 4) is 0 Å². The molecule has 0 aliphatic heterocycles. The molecule has 4 nitrogen and oxygen atoms in total. The first-order chi connectivity index (χ1) is 10.5. The van der Waals surface area contributed by atoms with Gasteiger partial charge in [-0.05, 0) is 62.5 Å². The van der Waals surface area contributed by atoms with E-state index in [1.54, 1.807) is 36.4 Å². The van der Waals surface area contributed by atoms with Crippen LogP contribution in [0, 0.1) is 6.92 Å². The van der Waals surface area contributed by atoms with Crippen LogP contribution in [-0.2, 0) is 0 Å². The van der Waals surface area contributed by atoms with E-state index in [4.69, 9.17) is 12.2 Å². The monoisotopic (exact) mass is 312 g/mol. The number of nitrogens with one attached hydrogen (secondary N) is 2. The molecule has 112 valence electrons. The van der Waals surface area contributed by atoms with Gasteiger partial charge >= 0.3 is 0 Å². The van der Waals surface area contributed by atoms with Crippen LogP contribution in [0.4, 0.5) is 5.69 Å². The van der Waals surface area contributed by atoms with Crippen LogP contribution in [-0.4, -0.2) is 16.8 Å². The Bertz CT molecular complexity index is 706. The SMILES string of the molecule is CC(=O)c1ccc(NC(=S)NC(=O)c2ccc(C)cc2)cc1. The lowest BCUT2D eigenvalue weighted by Gasteiger charge is -2.10. The zero-order chi connectivity index (χ0) is 16.1. The molecule has 5 heteroatoms. The lowest BCUT2D eigenvalue weighted by atomic mass is 10.1. The van der Waals surface area contributed by atoms with Gasteiger partial charge in [0.05, 0.1) is 0 Å². The van der Waals surface area contributed by atoms with E-state index in [0.29, 0.717) is 16.8 Å². The van der Waals surface area contributed by atoms with Crippen LogP contribution in [0.3, 0.4) is 0 Å². The van der Waals surface area contributed by atoms with Crippen molar-refractivity contribution in [2.75, 3.05) is 5.32 Å². The Kier molecular flexibility index (Phi) is 5.01. The molecular formula is C17H16N2O2S. The second-order valence-corrected chi connectivity index (χ2v) is 5.32. The summed E-state index contributed by atoms with van der Waals surface area (Å²) in [6, 6.07) is 14.1. The van der Waals surface area contributed by atoms with Crippen molar-refractivity contribution < 1.29 is 9.59 Å². The maximum atomic E-state index is 12.0. The molecule has 0 aliphatic rings. The van der Waals surface area contributed by atoms with E-state index in [1.807, 2.05) is 19.1 Å². The minimum atomic E-state index is -0.266. The van der Waals surface area contributed by atoms with Crippen LogP contribution in [0.25, 0.3) is 0 Å². The molecule has 1 amide bonds. The number of ketones is 1. The van der Waals surface area contributed by atoms with Crippen LogP contribution >= 0.6 is 12.2 Å². The molecule has 0 atom stereocenters. The Morgan fingerprint density at radius 3 is 2.00 bits per heavy atom. The van der Waals surface area contributed by atoms with Crippen LogP contribution in [0.5, 0.6) is 0 Å². The zero-order valence-corrected chi connectivity index (χ0v) is 13.2. The molecule has 0 heterocycles. The summed E-state index contributed by atoms with van der Waals surface area (Å²) in [4.78, 5) is 23.2. The third-order valence-corrected chi connectivity index (χ3v) is 3.29. The molecule has 0 aromatic heterocycles. The van der Waals surface area contributed by atoms with Crippen molar-refractivity contribution in [3.05, 3.63) is 65.2 Å². The molecule has 2 rings (SSSR count). The van der Waals surface area contributed by atoms with Crippen LogP contribution < -0.4 is 10.6 Å². The molecular weight excluding hydrogens is 296 g/mol. The van der Waals surface area contributed by atoms with E-state index in [9.17, 15) is 9.59 Å². The largest absolute Gasteiger partial charge is 0.332 e. The molecule has 22 heavy (non-hydrogen) atoms. The number of amides is 1. The lowest BCUT2D eigenvalue weighted by Crippen LogP contribution is -2.34. The maximum absolute atomic E-state index is 12.0. The van der Waals surface area contributed by atoms with Gasteiger partial charge in [0.15, 0.2) is 10.9 Å². The van der Waals surface area contributed by atoms with Crippen molar-refractivity contribution >= 4 is 34.7 Å². The fourth-order valence-corrected chi connectivity index (χ4v) is 2.04. The molecule has 0 saturated heterocycles. The Labute approximate surface area is 134 Å². The highest BCUT2D eigenvalue weighted by Crippen LogP contribution is 2.10. The Morgan fingerprint density at radius 1 is 0.909 bits per heavy atom. The van der Waals surface area contributed by atoms with Crippen molar-refractivity contribution in [2.45, 2.75) is 13.8 Å². The van der Waals surface area contributed by atoms with Crippen molar-refractivity contribution in [1.82, 2.24) is 5.32 Å². The van der Waals surface area contributed by atoms with Crippen molar-refractivity contribution in [3.63, 3.8) is 0 Å². The average Bonchev–Trinajstić information content (AvgIpc) is 2.48. The summed E-state index contributed by atoms with van der Waals surface area (Å²) >= 11 is 5.11. The highest BCUT2D eigenvalue weighted by Gasteiger charge is 2.07. The molecule has 2 aromatic carbocycles. The van der Waals surface area contributed by atoms with E-state index < -0.39 is 0 Å². The summed E-state index contributed by atoms with van der Waals surface area (Å²) < 4.78 is 0. The third kappa shape index (κ3) is 4.23. The molecule has 2 N–H and O–H groups in total. The number of carbonyl (C=O) groups excluding carboxylic acids is 2. The van der Waals surface area contributed by atoms with Gasteiger partial charge in [0, 0.05) is 16.8 Å². The quantitative estimate of drug-likeness (QED) is 0.674. The lowest BCUT2D eigenvalue weighted by molar-refractivity contribution is 0.0976. The standard InChI is InChI=1S/C17H16N2O2S/c1-11-3-5-14(6-4-11)16(21)19-17(22)18-15-9-7-13(8-10-15)12(2)20/h3-10H,1-2H3,(H2,18,19,21,22). The van der Waals surface area contributed by atoms with Gasteiger partial charge in [-0.25, -0.2) is 0 Å². The summed E-state index contributed by atoms with van der Waals surface area (Å²) in [6.45, 7) is 3.47. The first-order valence-corrected chi connectivity index (χ1v) is 7.16. The average molecular weight is 312 g/mol. The molecule has 0 bridgehead atoms. The van der Waals surface area contributed by atoms with Gasteiger partial charge in [0.2, 0.25) is 0 Å². The normalized spacial score (nSPS) is 9.91. The van der Waals surface area contributed by atoms with Gasteiger partial charge < -0.3 is 5.32 Å². The predicted octanol–water partition coefficient (Wildman–Crippen LogP) is 3.32. The fraction of sp³-hybridized carbons (Fsp3) is 0.118. The summed E-state index contributed by atoms with van der Waals surface area (Å²) in [6.07, 6.45) is 0. The highest BCUT2D eigenvalue weighted by atomic mass is 32.1. The van der Waals surface area contributed by atoms with E-state index >= 15 is 0 Å². The second-order valence-electron chi connectivity index (χ2n) is 4.91. The molecule has 0 unspecified atom stereocenters. The Hall–Kier alpha value is -2.53. The highest BCUT2D eigenvalue weighted by molar-refractivity contribution is 7.80. The number of thiocarbonyl (C=S) groups is 1. The van der Waals surface area contributed by atoms with E-state index in [2.05, 4.69) is 10.6 Å². The zero-order valence-electron chi connectivity index (χ0n) is 12.3. The molecule has 0 radical (unpaired) electrons. The Morgan fingerprint density at radius 2 is 1.45 bits per heavy atom.